The Hall–Kier alpha value is -2.55. The molecule has 0 aliphatic carbocycles. The lowest BCUT2D eigenvalue weighted by atomic mass is 9.94. The molecule has 0 aliphatic rings. The van der Waals surface area contributed by atoms with Gasteiger partial charge in [-0.1, -0.05) is 49.0 Å². The van der Waals surface area contributed by atoms with Crippen LogP contribution in [0.1, 0.15) is 0 Å². The molecule has 0 radical (unpaired) electrons. The van der Waals surface area contributed by atoms with Gasteiger partial charge in [-0.25, -0.2) is 4.57 Å². The van der Waals surface area contributed by atoms with Gasteiger partial charge >= 0.3 is 7.82 Å². The fourth-order valence-corrected chi connectivity index (χ4v) is 3.67. The van der Waals surface area contributed by atoms with Gasteiger partial charge < -0.3 is 9.05 Å². The number of hydrogen-bond donors (Lipinski definition) is 1. The molecule has 1 N–H and O–H groups in total. The molecule has 4 aromatic carbocycles. The second-order valence-electron chi connectivity index (χ2n) is 5.25. The molecule has 0 amide bonds. The number of phosphoric acid groups is 1. The van der Waals surface area contributed by atoms with Crippen molar-refractivity contribution < 1.29 is 18.5 Å². The minimum absolute atomic E-state index is 0.309. The normalized spacial score (nSPS) is 14.1. The van der Waals surface area contributed by atoms with E-state index < -0.39 is 7.82 Å². The lowest BCUT2D eigenvalue weighted by molar-refractivity contribution is 0.268. The molecule has 4 aromatic rings. The van der Waals surface area contributed by atoms with Crippen molar-refractivity contribution >= 4 is 40.1 Å². The Morgan fingerprint density at radius 3 is 2.22 bits per heavy atom. The predicted octanol–water partition coefficient (Wildman–Crippen LogP) is 5.22. The smallest absolute Gasteiger partial charge is 0.404 e. The quantitative estimate of drug-likeness (QED) is 0.317. The zero-order valence-corrected chi connectivity index (χ0v) is 13.0. The van der Waals surface area contributed by atoms with Crippen LogP contribution in [0.2, 0.25) is 0 Å². The molecule has 0 fully saturated rings. The Balaban J connectivity index is 2.04. The van der Waals surface area contributed by atoms with E-state index in [-0.39, 0.29) is 0 Å². The Kier molecular flexibility index (Phi) is 3.05. The van der Waals surface area contributed by atoms with E-state index in [1.165, 1.54) is 0 Å². The summed E-state index contributed by atoms with van der Waals surface area (Å²) in [5.41, 5.74) is 0. The van der Waals surface area contributed by atoms with Crippen LogP contribution in [0.3, 0.4) is 0 Å². The summed E-state index contributed by atoms with van der Waals surface area (Å²) >= 11 is 0. The van der Waals surface area contributed by atoms with E-state index in [1.54, 1.807) is 6.07 Å². The summed E-state index contributed by atoms with van der Waals surface area (Å²) in [7, 11) is -4.22. The monoisotopic (exact) mass is 324 g/mol. The van der Waals surface area contributed by atoms with Gasteiger partial charge in [0.25, 0.3) is 0 Å². The van der Waals surface area contributed by atoms with Gasteiger partial charge in [0, 0.05) is 10.8 Å². The average Bonchev–Trinajstić information content (AvgIpc) is 2.53. The van der Waals surface area contributed by atoms with Crippen LogP contribution in [0.4, 0.5) is 0 Å². The van der Waals surface area contributed by atoms with Gasteiger partial charge in [0.1, 0.15) is 5.75 Å². The maximum absolute atomic E-state index is 11.9. The molecule has 114 valence electrons. The molecule has 4 rings (SSSR count). The van der Waals surface area contributed by atoms with Crippen LogP contribution in [-0.2, 0) is 9.09 Å². The minimum Gasteiger partial charge on any atom is -0.404 e. The van der Waals surface area contributed by atoms with E-state index >= 15 is 0 Å². The highest BCUT2D eigenvalue weighted by Crippen LogP contribution is 2.47. The fourth-order valence-electron chi connectivity index (χ4n) is 3.03. The van der Waals surface area contributed by atoms with E-state index in [9.17, 15) is 9.46 Å². The fraction of sp³-hybridized carbons (Fsp3) is 0. The number of benzene rings is 4. The Bertz CT molecular complexity index is 1070. The van der Waals surface area contributed by atoms with Gasteiger partial charge in [-0.2, -0.15) is 0 Å². The topological polar surface area (TPSA) is 55.8 Å². The Morgan fingerprint density at radius 1 is 0.913 bits per heavy atom. The van der Waals surface area contributed by atoms with Gasteiger partial charge in [0.15, 0.2) is 0 Å². The molecule has 1 atom stereocenters. The first-order valence-corrected chi connectivity index (χ1v) is 8.57. The van der Waals surface area contributed by atoms with Gasteiger partial charge in [-0.05, 0) is 33.7 Å². The second-order valence-corrected chi connectivity index (χ2v) is 6.58. The SMILES string of the molecule is C=COP(=O)(O)Oc1ccc2ccc3cccc4ccc1c2c34. The van der Waals surface area contributed by atoms with Gasteiger partial charge in [0.05, 0.1) is 6.26 Å². The first kappa shape index (κ1) is 14.1. The first-order chi connectivity index (χ1) is 11.1. The van der Waals surface area contributed by atoms with E-state index in [0.29, 0.717) is 5.75 Å². The maximum Gasteiger partial charge on any atom is 0.584 e. The van der Waals surface area contributed by atoms with Crippen molar-refractivity contribution in [3.63, 3.8) is 0 Å². The molecule has 0 aromatic heterocycles. The number of hydrogen-bond acceptors (Lipinski definition) is 3. The molecule has 1 unspecified atom stereocenters. The molecule has 0 spiro atoms. The highest BCUT2D eigenvalue weighted by molar-refractivity contribution is 7.48. The molecule has 5 heteroatoms. The van der Waals surface area contributed by atoms with Crippen molar-refractivity contribution in [2.24, 2.45) is 0 Å². The first-order valence-electron chi connectivity index (χ1n) is 7.07. The molecule has 0 saturated carbocycles. The number of rotatable bonds is 4. The van der Waals surface area contributed by atoms with Crippen LogP contribution >= 0.6 is 7.82 Å². The average molecular weight is 324 g/mol. The van der Waals surface area contributed by atoms with Gasteiger partial charge in [0.2, 0.25) is 0 Å². The van der Waals surface area contributed by atoms with E-state index in [1.807, 2.05) is 42.5 Å². The molecular formula is C18H13O4P. The third kappa shape index (κ3) is 2.24. The van der Waals surface area contributed by atoms with Crippen molar-refractivity contribution in [3.8, 4) is 5.75 Å². The van der Waals surface area contributed by atoms with Gasteiger partial charge in [-0.3, -0.25) is 4.89 Å². The predicted molar refractivity (Wildman–Crippen MR) is 91.9 cm³/mol. The Morgan fingerprint density at radius 2 is 1.52 bits per heavy atom. The summed E-state index contributed by atoms with van der Waals surface area (Å²) in [5, 5.41) is 6.18. The summed E-state index contributed by atoms with van der Waals surface area (Å²) in [4.78, 5) is 9.70. The molecular weight excluding hydrogens is 311 g/mol. The summed E-state index contributed by atoms with van der Waals surface area (Å²) in [6.07, 6.45) is 0.900. The molecule has 0 saturated heterocycles. The van der Waals surface area contributed by atoms with Crippen molar-refractivity contribution in [2.45, 2.75) is 0 Å². The molecule has 0 bridgehead atoms. The molecule has 4 nitrogen and oxygen atoms in total. The molecule has 0 heterocycles. The lowest BCUT2D eigenvalue weighted by Crippen LogP contribution is -1.94. The van der Waals surface area contributed by atoms with Crippen LogP contribution < -0.4 is 4.52 Å². The van der Waals surface area contributed by atoms with Crippen LogP contribution in [0.25, 0.3) is 32.3 Å². The largest absolute Gasteiger partial charge is 0.584 e. The third-order valence-electron chi connectivity index (χ3n) is 3.91. The second kappa shape index (κ2) is 4.98. The van der Waals surface area contributed by atoms with Crippen molar-refractivity contribution in [1.82, 2.24) is 0 Å². The zero-order chi connectivity index (χ0) is 16.0. The molecule has 0 aliphatic heterocycles. The van der Waals surface area contributed by atoms with Gasteiger partial charge in [-0.15, -0.1) is 0 Å². The summed E-state index contributed by atoms with van der Waals surface area (Å²) < 4.78 is 21.7. The van der Waals surface area contributed by atoms with Crippen molar-refractivity contribution in [1.29, 1.82) is 0 Å². The van der Waals surface area contributed by atoms with E-state index in [2.05, 4.69) is 17.2 Å². The lowest BCUT2D eigenvalue weighted by Gasteiger charge is -2.16. The highest BCUT2D eigenvalue weighted by Gasteiger charge is 2.24. The third-order valence-corrected chi connectivity index (χ3v) is 4.75. The molecule has 23 heavy (non-hydrogen) atoms. The van der Waals surface area contributed by atoms with Crippen molar-refractivity contribution in [2.75, 3.05) is 0 Å². The summed E-state index contributed by atoms with van der Waals surface area (Å²) in [6.45, 7) is 3.28. The summed E-state index contributed by atoms with van der Waals surface area (Å²) in [5.74, 6) is 0.309. The van der Waals surface area contributed by atoms with Crippen LogP contribution in [0, 0.1) is 0 Å². The standard InChI is InChI=1S/C18H13O4P/c1-2-21-23(19,20)22-16-11-9-14-7-6-12-4-3-5-13-8-10-15(16)18(14)17(12)13/h2-11H,1H2,(H,19,20). The van der Waals surface area contributed by atoms with E-state index in [4.69, 9.17) is 4.52 Å². The number of phosphoric ester groups is 1. The minimum atomic E-state index is -4.22. The summed E-state index contributed by atoms with van der Waals surface area (Å²) in [6, 6.07) is 17.6. The Labute approximate surface area is 132 Å². The van der Waals surface area contributed by atoms with E-state index in [0.717, 1.165) is 38.6 Å². The zero-order valence-electron chi connectivity index (χ0n) is 12.1. The highest BCUT2D eigenvalue weighted by atomic mass is 31.2. The van der Waals surface area contributed by atoms with Crippen LogP contribution in [0.5, 0.6) is 5.75 Å². The van der Waals surface area contributed by atoms with Crippen molar-refractivity contribution in [3.05, 3.63) is 67.4 Å². The van der Waals surface area contributed by atoms with Crippen LogP contribution in [0.15, 0.2) is 67.4 Å². The van der Waals surface area contributed by atoms with Crippen LogP contribution in [-0.4, -0.2) is 4.89 Å². The maximum atomic E-state index is 11.9.